The fraction of sp³-hybridized carbons (Fsp3) is 0.615. The fourth-order valence-corrected chi connectivity index (χ4v) is 4.21. The van der Waals surface area contributed by atoms with Crippen molar-refractivity contribution in [2.24, 2.45) is 5.92 Å². The monoisotopic (exact) mass is 355 g/mol. The second kappa shape index (κ2) is 6.08. The van der Waals surface area contributed by atoms with Crippen molar-refractivity contribution in [3.63, 3.8) is 0 Å². The summed E-state index contributed by atoms with van der Waals surface area (Å²) in [6.07, 6.45) is 1.84. The number of hydrogen-bond donors (Lipinski definition) is 2. The summed E-state index contributed by atoms with van der Waals surface area (Å²) in [6.45, 7) is 3.41. The molecule has 2 aliphatic rings. The van der Waals surface area contributed by atoms with Gasteiger partial charge in [0.05, 0.1) is 0 Å². The molecule has 0 radical (unpaired) electrons. The second-order valence-electron chi connectivity index (χ2n) is 5.65. The standard InChI is InChI=1S/C13H17N5O3S2/c1-3-22-12-17-16-10(23-12)14-8(19)6-18-9(20)13(2,7-4-5-7)15-11(18)21/h7H,3-6H2,1-2H3,(H,15,21)(H,14,16,19). The van der Waals surface area contributed by atoms with Gasteiger partial charge in [-0.15, -0.1) is 10.2 Å². The molecule has 10 heteroatoms. The van der Waals surface area contributed by atoms with Crippen LogP contribution < -0.4 is 10.6 Å². The summed E-state index contributed by atoms with van der Waals surface area (Å²) in [7, 11) is 0. The van der Waals surface area contributed by atoms with Gasteiger partial charge < -0.3 is 5.32 Å². The smallest absolute Gasteiger partial charge is 0.323 e. The van der Waals surface area contributed by atoms with Gasteiger partial charge in [0.25, 0.3) is 5.91 Å². The Balaban J connectivity index is 1.61. The van der Waals surface area contributed by atoms with Crippen molar-refractivity contribution in [2.75, 3.05) is 17.6 Å². The fourth-order valence-electron chi connectivity index (χ4n) is 2.54. The molecule has 0 bridgehead atoms. The quantitative estimate of drug-likeness (QED) is 0.453. The first-order valence-electron chi connectivity index (χ1n) is 7.34. The van der Waals surface area contributed by atoms with Crippen LogP contribution in [0.25, 0.3) is 0 Å². The molecule has 3 rings (SSSR count). The van der Waals surface area contributed by atoms with E-state index in [1.165, 1.54) is 23.1 Å². The van der Waals surface area contributed by atoms with Gasteiger partial charge in [-0.25, -0.2) is 4.79 Å². The lowest BCUT2D eigenvalue weighted by atomic mass is 9.96. The first-order chi connectivity index (χ1) is 10.9. The van der Waals surface area contributed by atoms with Gasteiger partial charge in [-0.1, -0.05) is 30.0 Å². The van der Waals surface area contributed by atoms with Crippen LogP contribution in [0.1, 0.15) is 26.7 Å². The largest absolute Gasteiger partial charge is 0.325 e. The zero-order chi connectivity index (χ0) is 16.6. The van der Waals surface area contributed by atoms with Crippen LogP contribution >= 0.6 is 23.1 Å². The predicted octanol–water partition coefficient (Wildman–Crippen LogP) is 1.31. The average molecular weight is 355 g/mol. The van der Waals surface area contributed by atoms with Gasteiger partial charge >= 0.3 is 6.03 Å². The summed E-state index contributed by atoms with van der Waals surface area (Å²) in [5, 5.41) is 13.5. The number of urea groups is 1. The third-order valence-electron chi connectivity index (χ3n) is 3.92. The number of nitrogens with one attached hydrogen (secondary N) is 2. The number of carbonyl (C=O) groups excluding carboxylic acids is 3. The number of aromatic nitrogens is 2. The average Bonchev–Trinajstić information content (AvgIpc) is 3.23. The highest BCUT2D eigenvalue weighted by Crippen LogP contribution is 2.42. The van der Waals surface area contributed by atoms with Crippen molar-refractivity contribution in [3.8, 4) is 0 Å². The summed E-state index contributed by atoms with van der Waals surface area (Å²) >= 11 is 2.80. The van der Waals surface area contributed by atoms with Gasteiger partial charge in [-0.2, -0.15) is 0 Å². The van der Waals surface area contributed by atoms with Crippen molar-refractivity contribution in [1.29, 1.82) is 0 Å². The third kappa shape index (κ3) is 3.18. The molecule has 1 atom stereocenters. The maximum absolute atomic E-state index is 12.4. The molecule has 1 aliphatic heterocycles. The molecule has 8 nitrogen and oxygen atoms in total. The van der Waals surface area contributed by atoms with Crippen LogP contribution in [0, 0.1) is 5.92 Å². The van der Waals surface area contributed by atoms with E-state index in [4.69, 9.17) is 0 Å². The summed E-state index contributed by atoms with van der Waals surface area (Å²) in [6, 6.07) is -0.515. The normalized spacial score (nSPS) is 24.0. The highest BCUT2D eigenvalue weighted by atomic mass is 32.2. The minimum atomic E-state index is -0.870. The molecule has 4 amide bonds. The Morgan fingerprint density at radius 1 is 1.48 bits per heavy atom. The molecule has 2 heterocycles. The Morgan fingerprint density at radius 3 is 2.87 bits per heavy atom. The Hall–Kier alpha value is -1.68. The molecule has 23 heavy (non-hydrogen) atoms. The van der Waals surface area contributed by atoms with E-state index in [1.807, 2.05) is 6.92 Å². The summed E-state index contributed by atoms with van der Waals surface area (Å²) in [5.74, 6) is 0.242. The number of imide groups is 1. The lowest BCUT2D eigenvalue weighted by Crippen LogP contribution is -2.46. The number of amides is 4. The predicted molar refractivity (Wildman–Crippen MR) is 86.3 cm³/mol. The number of nitrogens with zero attached hydrogens (tertiary/aromatic N) is 3. The molecule has 1 aromatic rings. The number of anilines is 1. The number of hydrogen-bond acceptors (Lipinski definition) is 7. The first-order valence-corrected chi connectivity index (χ1v) is 9.14. The molecule has 1 aliphatic carbocycles. The van der Waals surface area contributed by atoms with E-state index in [0.717, 1.165) is 27.8 Å². The minimum Gasteiger partial charge on any atom is -0.323 e. The Labute approximate surface area is 141 Å². The van der Waals surface area contributed by atoms with Gasteiger partial charge in [0.2, 0.25) is 11.0 Å². The van der Waals surface area contributed by atoms with E-state index in [9.17, 15) is 14.4 Å². The Kier molecular flexibility index (Phi) is 4.28. The SMILES string of the molecule is CCSc1nnc(NC(=O)CN2C(=O)NC(C)(C3CC3)C2=O)s1. The second-order valence-corrected chi connectivity index (χ2v) is 8.14. The number of thioether (sulfide) groups is 1. The zero-order valence-electron chi connectivity index (χ0n) is 12.8. The Bertz CT molecular complexity index is 660. The van der Waals surface area contributed by atoms with Gasteiger partial charge in [0.15, 0.2) is 4.34 Å². The molecule has 0 spiro atoms. The van der Waals surface area contributed by atoms with Gasteiger partial charge in [-0.05, 0) is 31.4 Å². The van der Waals surface area contributed by atoms with E-state index >= 15 is 0 Å². The molecule has 124 valence electrons. The van der Waals surface area contributed by atoms with Crippen LogP contribution in [0.4, 0.5) is 9.93 Å². The molecule has 2 fully saturated rings. The Morgan fingerprint density at radius 2 is 2.22 bits per heavy atom. The van der Waals surface area contributed by atoms with Crippen molar-refractivity contribution in [3.05, 3.63) is 0 Å². The number of rotatable bonds is 6. The molecular weight excluding hydrogens is 338 g/mol. The lowest BCUT2D eigenvalue weighted by Gasteiger charge is -2.20. The number of carbonyl (C=O) groups is 3. The van der Waals surface area contributed by atoms with Crippen LogP contribution in [0.2, 0.25) is 0 Å². The van der Waals surface area contributed by atoms with Crippen LogP contribution in [-0.2, 0) is 9.59 Å². The van der Waals surface area contributed by atoms with Gasteiger partial charge in [0, 0.05) is 0 Å². The molecule has 1 saturated carbocycles. The van der Waals surface area contributed by atoms with Crippen molar-refractivity contribution < 1.29 is 14.4 Å². The minimum absolute atomic E-state index is 0.170. The van der Waals surface area contributed by atoms with E-state index in [-0.39, 0.29) is 18.4 Å². The van der Waals surface area contributed by atoms with Gasteiger partial charge in [-0.3, -0.25) is 19.8 Å². The van der Waals surface area contributed by atoms with E-state index < -0.39 is 17.5 Å². The van der Waals surface area contributed by atoms with Crippen molar-refractivity contribution in [2.45, 2.75) is 36.6 Å². The molecular formula is C13H17N5O3S2. The maximum Gasteiger partial charge on any atom is 0.325 e. The first kappa shape index (κ1) is 16.2. The summed E-state index contributed by atoms with van der Waals surface area (Å²) in [4.78, 5) is 37.5. The van der Waals surface area contributed by atoms with E-state index in [1.54, 1.807) is 6.92 Å². The van der Waals surface area contributed by atoms with Crippen LogP contribution in [0.5, 0.6) is 0 Å². The summed E-state index contributed by atoms with van der Waals surface area (Å²) in [5.41, 5.74) is -0.870. The van der Waals surface area contributed by atoms with Crippen molar-refractivity contribution in [1.82, 2.24) is 20.4 Å². The van der Waals surface area contributed by atoms with Crippen LogP contribution in [0.15, 0.2) is 4.34 Å². The molecule has 0 aromatic carbocycles. The topological polar surface area (TPSA) is 104 Å². The summed E-state index contributed by atoms with van der Waals surface area (Å²) < 4.78 is 0.763. The highest BCUT2D eigenvalue weighted by molar-refractivity contribution is 8.01. The van der Waals surface area contributed by atoms with Crippen LogP contribution in [-0.4, -0.2) is 50.8 Å². The maximum atomic E-state index is 12.4. The van der Waals surface area contributed by atoms with Crippen molar-refractivity contribution >= 4 is 46.1 Å². The lowest BCUT2D eigenvalue weighted by molar-refractivity contribution is -0.134. The highest BCUT2D eigenvalue weighted by Gasteiger charge is 2.56. The van der Waals surface area contributed by atoms with E-state index in [2.05, 4.69) is 20.8 Å². The van der Waals surface area contributed by atoms with Gasteiger partial charge in [0.1, 0.15) is 12.1 Å². The molecule has 1 unspecified atom stereocenters. The van der Waals surface area contributed by atoms with Crippen LogP contribution in [0.3, 0.4) is 0 Å². The molecule has 1 aromatic heterocycles. The zero-order valence-corrected chi connectivity index (χ0v) is 14.4. The molecule has 2 N–H and O–H groups in total. The van der Waals surface area contributed by atoms with E-state index in [0.29, 0.717) is 5.13 Å². The third-order valence-corrected chi connectivity index (χ3v) is 5.77. The molecule has 1 saturated heterocycles.